The molecular formula is C16H14N4O. The number of nitrogens with one attached hydrogen (secondary N) is 1. The van der Waals surface area contributed by atoms with Gasteiger partial charge in [0, 0.05) is 31.2 Å². The number of hydrogen-bond acceptors (Lipinski definition) is 3. The molecule has 0 aliphatic carbocycles. The number of pyridine rings is 2. The summed E-state index contributed by atoms with van der Waals surface area (Å²) in [5.41, 5.74) is 2.68. The Morgan fingerprint density at radius 3 is 3.05 bits per heavy atom. The number of imidazole rings is 1. The van der Waals surface area contributed by atoms with Crippen molar-refractivity contribution in [3.05, 3.63) is 72.5 Å². The summed E-state index contributed by atoms with van der Waals surface area (Å²) in [6.45, 7) is 0.462. The minimum Gasteiger partial charge on any atom is -0.348 e. The number of carbonyl (C=O) groups is 1. The SMILES string of the molecule is O=C(/C=C/c1cnc2ccccn12)NCc1cccnc1. The molecule has 0 bridgehead atoms. The average Bonchev–Trinajstić information content (AvgIpc) is 2.95. The average molecular weight is 278 g/mol. The van der Waals surface area contributed by atoms with Crippen molar-refractivity contribution in [3.63, 3.8) is 0 Å². The van der Waals surface area contributed by atoms with Crippen LogP contribution in [0.1, 0.15) is 11.3 Å². The highest BCUT2D eigenvalue weighted by atomic mass is 16.1. The van der Waals surface area contributed by atoms with Crippen molar-refractivity contribution in [2.75, 3.05) is 0 Å². The van der Waals surface area contributed by atoms with E-state index < -0.39 is 0 Å². The second-order valence-electron chi connectivity index (χ2n) is 4.52. The molecule has 0 aromatic carbocycles. The molecule has 0 saturated heterocycles. The summed E-state index contributed by atoms with van der Waals surface area (Å²) in [7, 11) is 0. The number of aromatic nitrogens is 3. The second kappa shape index (κ2) is 6.00. The van der Waals surface area contributed by atoms with E-state index in [4.69, 9.17) is 0 Å². The molecule has 0 aliphatic heterocycles. The minimum absolute atomic E-state index is 0.148. The summed E-state index contributed by atoms with van der Waals surface area (Å²) in [4.78, 5) is 20.1. The van der Waals surface area contributed by atoms with E-state index in [1.807, 2.05) is 40.9 Å². The summed E-state index contributed by atoms with van der Waals surface area (Å²) in [6.07, 6.45) is 10.3. The Balaban J connectivity index is 1.64. The normalized spacial score (nSPS) is 11.0. The van der Waals surface area contributed by atoms with Gasteiger partial charge in [-0.3, -0.25) is 9.78 Å². The van der Waals surface area contributed by atoms with E-state index in [2.05, 4.69) is 15.3 Å². The summed E-state index contributed by atoms with van der Waals surface area (Å²) in [5, 5.41) is 2.81. The molecule has 0 aliphatic rings. The first-order valence-corrected chi connectivity index (χ1v) is 6.60. The second-order valence-corrected chi connectivity index (χ2v) is 4.52. The molecule has 104 valence electrons. The Bertz CT molecular complexity index is 777. The standard InChI is InChI=1S/C16H14N4O/c21-16(19-11-13-4-3-8-17-10-13)7-6-14-12-18-15-5-1-2-9-20(14)15/h1-10,12H,11H2,(H,19,21)/b7-6+. The van der Waals surface area contributed by atoms with E-state index in [0.29, 0.717) is 6.54 Å². The van der Waals surface area contributed by atoms with E-state index >= 15 is 0 Å². The van der Waals surface area contributed by atoms with Gasteiger partial charge in [0.2, 0.25) is 5.91 Å². The molecule has 5 heteroatoms. The third-order valence-electron chi connectivity index (χ3n) is 3.04. The summed E-state index contributed by atoms with van der Waals surface area (Å²) in [6, 6.07) is 9.53. The quantitative estimate of drug-likeness (QED) is 0.743. The Labute approximate surface area is 122 Å². The van der Waals surface area contributed by atoms with Crippen LogP contribution in [-0.4, -0.2) is 20.3 Å². The lowest BCUT2D eigenvalue weighted by molar-refractivity contribution is -0.116. The van der Waals surface area contributed by atoms with Gasteiger partial charge < -0.3 is 9.72 Å². The van der Waals surface area contributed by atoms with Crippen LogP contribution in [0.15, 0.2) is 61.2 Å². The molecule has 3 aromatic heterocycles. The van der Waals surface area contributed by atoms with Crippen molar-refractivity contribution in [2.24, 2.45) is 0 Å². The van der Waals surface area contributed by atoms with Crippen LogP contribution in [0.2, 0.25) is 0 Å². The van der Waals surface area contributed by atoms with Gasteiger partial charge >= 0.3 is 0 Å². The van der Waals surface area contributed by atoms with Gasteiger partial charge in [-0.1, -0.05) is 12.1 Å². The molecule has 3 rings (SSSR count). The number of carbonyl (C=O) groups excluding carboxylic acids is 1. The lowest BCUT2D eigenvalue weighted by atomic mass is 10.3. The van der Waals surface area contributed by atoms with Gasteiger partial charge in [-0.15, -0.1) is 0 Å². The van der Waals surface area contributed by atoms with Crippen molar-refractivity contribution < 1.29 is 4.79 Å². The van der Waals surface area contributed by atoms with Gasteiger partial charge in [-0.2, -0.15) is 0 Å². The van der Waals surface area contributed by atoms with Crippen LogP contribution >= 0.6 is 0 Å². The maximum absolute atomic E-state index is 11.8. The highest BCUT2D eigenvalue weighted by Gasteiger charge is 2.00. The fraction of sp³-hybridized carbons (Fsp3) is 0.0625. The molecule has 0 radical (unpaired) electrons. The van der Waals surface area contributed by atoms with Crippen LogP contribution in [0.25, 0.3) is 11.7 Å². The van der Waals surface area contributed by atoms with Gasteiger partial charge in [0.05, 0.1) is 11.9 Å². The highest BCUT2D eigenvalue weighted by Crippen LogP contribution is 2.07. The molecule has 21 heavy (non-hydrogen) atoms. The first kappa shape index (κ1) is 13.1. The van der Waals surface area contributed by atoms with Crippen molar-refractivity contribution in [3.8, 4) is 0 Å². The predicted molar refractivity (Wildman–Crippen MR) is 80.3 cm³/mol. The predicted octanol–water partition coefficient (Wildman–Crippen LogP) is 2.06. The molecule has 0 unspecified atom stereocenters. The molecule has 5 nitrogen and oxygen atoms in total. The zero-order valence-electron chi connectivity index (χ0n) is 11.3. The molecule has 1 amide bonds. The molecule has 0 spiro atoms. The number of nitrogens with zero attached hydrogens (tertiary/aromatic N) is 3. The highest BCUT2D eigenvalue weighted by molar-refractivity contribution is 5.91. The Morgan fingerprint density at radius 1 is 1.24 bits per heavy atom. The van der Waals surface area contributed by atoms with Crippen LogP contribution in [0.5, 0.6) is 0 Å². The number of hydrogen-bond donors (Lipinski definition) is 1. The molecule has 0 fully saturated rings. The van der Waals surface area contributed by atoms with Gasteiger partial charge in [-0.05, 0) is 29.8 Å². The van der Waals surface area contributed by atoms with E-state index in [9.17, 15) is 4.79 Å². The fourth-order valence-corrected chi connectivity index (χ4v) is 1.99. The lowest BCUT2D eigenvalue weighted by Crippen LogP contribution is -2.20. The third kappa shape index (κ3) is 3.14. The Morgan fingerprint density at radius 2 is 2.19 bits per heavy atom. The van der Waals surface area contributed by atoms with Gasteiger partial charge in [-0.25, -0.2) is 4.98 Å². The van der Waals surface area contributed by atoms with Gasteiger partial charge in [0.1, 0.15) is 5.65 Å². The first-order chi connectivity index (χ1) is 10.3. The molecular weight excluding hydrogens is 264 g/mol. The molecule has 3 heterocycles. The molecule has 3 aromatic rings. The number of rotatable bonds is 4. The van der Waals surface area contributed by atoms with E-state index in [1.165, 1.54) is 6.08 Å². The van der Waals surface area contributed by atoms with Crippen molar-refractivity contribution >= 4 is 17.6 Å². The molecule has 1 N–H and O–H groups in total. The maximum atomic E-state index is 11.8. The van der Waals surface area contributed by atoms with Crippen molar-refractivity contribution in [1.82, 2.24) is 19.7 Å². The summed E-state index contributed by atoms with van der Waals surface area (Å²) < 4.78 is 1.92. The lowest BCUT2D eigenvalue weighted by Gasteiger charge is -2.01. The smallest absolute Gasteiger partial charge is 0.244 e. The van der Waals surface area contributed by atoms with E-state index in [0.717, 1.165) is 16.9 Å². The van der Waals surface area contributed by atoms with E-state index in [-0.39, 0.29) is 5.91 Å². The Hall–Kier alpha value is -2.95. The van der Waals surface area contributed by atoms with Crippen molar-refractivity contribution in [1.29, 1.82) is 0 Å². The van der Waals surface area contributed by atoms with Crippen LogP contribution < -0.4 is 5.32 Å². The zero-order chi connectivity index (χ0) is 14.5. The maximum Gasteiger partial charge on any atom is 0.244 e. The monoisotopic (exact) mass is 278 g/mol. The fourth-order valence-electron chi connectivity index (χ4n) is 1.99. The zero-order valence-corrected chi connectivity index (χ0v) is 11.3. The van der Waals surface area contributed by atoms with Gasteiger partial charge in [0.15, 0.2) is 0 Å². The van der Waals surface area contributed by atoms with E-state index in [1.54, 1.807) is 24.7 Å². The van der Waals surface area contributed by atoms with Crippen LogP contribution in [0.4, 0.5) is 0 Å². The summed E-state index contributed by atoms with van der Waals surface area (Å²) >= 11 is 0. The molecule has 0 saturated carbocycles. The van der Waals surface area contributed by atoms with Gasteiger partial charge in [0.25, 0.3) is 0 Å². The largest absolute Gasteiger partial charge is 0.348 e. The first-order valence-electron chi connectivity index (χ1n) is 6.60. The van der Waals surface area contributed by atoms with Crippen LogP contribution in [-0.2, 0) is 11.3 Å². The third-order valence-corrected chi connectivity index (χ3v) is 3.04. The topological polar surface area (TPSA) is 59.3 Å². The molecule has 0 atom stereocenters. The Kier molecular flexibility index (Phi) is 3.73. The van der Waals surface area contributed by atoms with Crippen LogP contribution in [0.3, 0.4) is 0 Å². The van der Waals surface area contributed by atoms with Crippen molar-refractivity contribution in [2.45, 2.75) is 6.54 Å². The minimum atomic E-state index is -0.148. The van der Waals surface area contributed by atoms with Crippen LogP contribution in [0, 0.1) is 0 Å². The number of amides is 1. The number of fused-ring (bicyclic) bond motifs is 1. The summed E-state index contributed by atoms with van der Waals surface area (Å²) in [5.74, 6) is -0.148.